The molecule has 0 aromatic heterocycles. The summed E-state index contributed by atoms with van der Waals surface area (Å²) in [6.45, 7) is 7.42. The number of nitrogens with two attached hydrogens (primary N) is 2. The maximum absolute atomic E-state index is 9.00. The smallest absolute Gasteiger partial charge is 0.309 e. The highest BCUT2D eigenvalue weighted by Crippen LogP contribution is 2.12. The van der Waals surface area contributed by atoms with E-state index in [4.69, 9.17) is 14.3 Å². The lowest BCUT2D eigenvalue weighted by molar-refractivity contribution is -0.890. The summed E-state index contributed by atoms with van der Waals surface area (Å²) in [5.74, 6) is 0.983. The number of hydrogen-bond acceptors (Lipinski definition) is 3. The molecule has 1 aromatic rings. The van der Waals surface area contributed by atoms with Gasteiger partial charge in [0.1, 0.15) is 25.7 Å². The van der Waals surface area contributed by atoms with Crippen LogP contribution in [0.3, 0.4) is 0 Å². The highest BCUT2D eigenvalue weighted by Gasteiger charge is 2.14. The minimum Gasteiger partial charge on any atom is -1.00 e. The molecule has 0 bridgehead atoms. The first-order valence-corrected chi connectivity index (χ1v) is 11.2. The topological polar surface area (TPSA) is 95.4 Å². The standard InChI is InChI=1S/C22H40NO.CH4N2O.CH2O.BrH/c1-4-5-6-7-8-9-10-11-12-16-19-23(2,3)20-21-24-22-17-14-13-15-18-22;2-1(3)4;1-2;/h13-15,17-18H,4-12,16,19-21H2,1-3H3;(H4,2,3,4);1H2;1H/q+1;;;/p-1. The predicted octanol–water partition coefficient (Wildman–Crippen LogP) is 1.91. The summed E-state index contributed by atoms with van der Waals surface area (Å²) in [6.07, 6.45) is 14.1. The van der Waals surface area contributed by atoms with Crippen LogP contribution in [0.1, 0.15) is 71.1 Å². The Morgan fingerprint density at radius 1 is 0.839 bits per heavy atom. The SMILES string of the molecule is C=O.CCCCCCCCCCCC[N+](C)(C)CCOc1ccccc1.NC(N)=O.[Br-]. The molecular formula is C24H46BrN3O3. The van der Waals surface area contributed by atoms with Gasteiger partial charge in [-0.25, -0.2) is 4.79 Å². The third kappa shape index (κ3) is 28.4. The first-order valence-electron chi connectivity index (χ1n) is 11.2. The summed E-state index contributed by atoms with van der Waals surface area (Å²) >= 11 is 0. The van der Waals surface area contributed by atoms with Crippen molar-refractivity contribution in [3.63, 3.8) is 0 Å². The fraction of sp³-hybridized carbons (Fsp3) is 0.667. The van der Waals surface area contributed by atoms with Crippen molar-refractivity contribution >= 4 is 12.8 Å². The molecule has 2 amide bonds. The molecule has 1 rings (SSSR count). The number of nitrogens with zero attached hydrogens (tertiary/aromatic N) is 1. The summed E-state index contributed by atoms with van der Waals surface area (Å²) in [5, 5.41) is 0. The van der Waals surface area contributed by atoms with Crippen molar-refractivity contribution in [3.8, 4) is 5.75 Å². The van der Waals surface area contributed by atoms with Crippen molar-refractivity contribution in [1.29, 1.82) is 0 Å². The lowest BCUT2D eigenvalue weighted by Crippen LogP contribution is -3.00. The van der Waals surface area contributed by atoms with Gasteiger partial charge >= 0.3 is 6.03 Å². The molecule has 0 aliphatic carbocycles. The minimum absolute atomic E-state index is 0. The second-order valence-electron chi connectivity index (χ2n) is 8.13. The average molecular weight is 505 g/mol. The molecule has 0 unspecified atom stereocenters. The zero-order valence-electron chi connectivity index (χ0n) is 20.0. The summed E-state index contributed by atoms with van der Waals surface area (Å²) in [5.41, 5.74) is 8.50. The molecule has 0 aliphatic rings. The number of amides is 2. The molecule has 0 saturated heterocycles. The van der Waals surface area contributed by atoms with E-state index in [-0.39, 0.29) is 17.0 Å². The van der Waals surface area contributed by atoms with Crippen LogP contribution in [0.4, 0.5) is 4.79 Å². The van der Waals surface area contributed by atoms with Crippen molar-refractivity contribution in [1.82, 2.24) is 0 Å². The first-order chi connectivity index (χ1) is 14.4. The van der Waals surface area contributed by atoms with E-state index in [2.05, 4.69) is 32.5 Å². The second kappa shape index (κ2) is 24.7. The quantitative estimate of drug-likeness (QED) is 0.282. The van der Waals surface area contributed by atoms with Crippen LogP contribution in [-0.4, -0.2) is 51.1 Å². The maximum atomic E-state index is 9.00. The Balaban J connectivity index is -0.00000100. The fourth-order valence-electron chi connectivity index (χ4n) is 3.07. The first kappa shape index (κ1) is 34.0. The normalized spacial score (nSPS) is 9.90. The number of hydrogen-bond donors (Lipinski definition) is 2. The Labute approximate surface area is 201 Å². The molecule has 0 fully saturated rings. The van der Waals surface area contributed by atoms with Gasteiger partial charge in [-0.15, -0.1) is 0 Å². The van der Waals surface area contributed by atoms with Gasteiger partial charge < -0.3 is 42.5 Å². The summed E-state index contributed by atoms with van der Waals surface area (Å²) in [7, 11) is 4.64. The zero-order chi connectivity index (χ0) is 23.1. The van der Waals surface area contributed by atoms with Crippen LogP contribution in [0.2, 0.25) is 0 Å². The van der Waals surface area contributed by atoms with Crippen LogP contribution in [0.15, 0.2) is 30.3 Å². The number of benzene rings is 1. The number of carbonyl (C=O) groups is 2. The van der Waals surface area contributed by atoms with E-state index in [9.17, 15) is 0 Å². The molecule has 4 N–H and O–H groups in total. The molecule has 31 heavy (non-hydrogen) atoms. The second-order valence-corrected chi connectivity index (χ2v) is 8.13. The molecule has 7 heteroatoms. The highest BCUT2D eigenvalue weighted by atomic mass is 79.9. The van der Waals surface area contributed by atoms with Crippen LogP contribution in [0.25, 0.3) is 0 Å². The summed E-state index contributed by atoms with van der Waals surface area (Å²) < 4.78 is 6.89. The van der Waals surface area contributed by atoms with Gasteiger partial charge in [-0.05, 0) is 25.0 Å². The maximum Gasteiger partial charge on any atom is 0.309 e. The number of ether oxygens (including phenoxy) is 1. The van der Waals surface area contributed by atoms with Gasteiger partial charge in [0.25, 0.3) is 0 Å². The summed E-state index contributed by atoms with van der Waals surface area (Å²) in [4.78, 5) is 17.0. The molecule has 182 valence electrons. The Morgan fingerprint density at radius 3 is 1.71 bits per heavy atom. The number of urea groups is 1. The van der Waals surface area contributed by atoms with Crippen LogP contribution in [0, 0.1) is 0 Å². The van der Waals surface area contributed by atoms with Crippen molar-refractivity contribution in [2.24, 2.45) is 11.5 Å². The van der Waals surface area contributed by atoms with E-state index in [0.29, 0.717) is 0 Å². The Morgan fingerprint density at radius 2 is 1.26 bits per heavy atom. The number of unbranched alkanes of at least 4 members (excludes halogenated alkanes) is 9. The molecule has 0 radical (unpaired) electrons. The van der Waals surface area contributed by atoms with Gasteiger partial charge in [0, 0.05) is 0 Å². The van der Waals surface area contributed by atoms with Gasteiger partial charge in [-0.2, -0.15) is 0 Å². The third-order valence-electron chi connectivity index (χ3n) is 4.83. The van der Waals surface area contributed by atoms with Gasteiger partial charge in [-0.3, -0.25) is 0 Å². The van der Waals surface area contributed by atoms with Crippen molar-refractivity contribution < 1.29 is 35.8 Å². The molecular weight excluding hydrogens is 458 g/mol. The van der Waals surface area contributed by atoms with Crippen molar-refractivity contribution in [2.75, 3.05) is 33.8 Å². The summed E-state index contributed by atoms with van der Waals surface area (Å²) in [6, 6.07) is 9.31. The third-order valence-corrected chi connectivity index (χ3v) is 4.83. The number of rotatable bonds is 15. The molecule has 1 aromatic carbocycles. The molecule has 0 saturated carbocycles. The highest BCUT2D eigenvalue weighted by molar-refractivity contribution is 5.69. The number of quaternary nitrogens is 1. The van der Waals surface area contributed by atoms with Crippen molar-refractivity contribution in [3.05, 3.63) is 30.3 Å². The predicted molar refractivity (Wildman–Crippen MR) is 127 cm³/mol. The number of para-hydroxylation sites is 1. The van der Waals surface area contributed by atoms with Gasteiger partial charge in [-0.1, -0.05) is 76.5 Å². The van der Waals surface area contributed by atoms with Crippen LogP contribution >= 0.6 is 0 Å². The van der Waals surface area contributed by atoms with Crippen LogP contribution < -0.4 is 33.2 Å². The lowest BCUT2D eigenvalue weighted by atomic mass is 10.1. The lowest BCUT2D eigenvalue weighted by Gasteiger charge is -2.29. The van der Waals surface area contributed by atoms with Crippen molar-refractivity contribution in [2.45, 2.75) is 71.1 Å². The van der Waals surface area contributed by atoms with E-state index in [1.807, 2.05) is 37.1 Å². The monoisotopic (exact) mass is 503 g/mol. The molecule has 0 atom stereocenters. The van der Waals surface area contributed by atoms with E-state index in [1.54, 1.807) is 0 Å². The molecule has 0 aliphatic heterocycles. The van der Waals surface area contributed by atoms with Crippen LogP contribution in [-0.2, 0) is 4.79 Å². The molecule has 6 nitrogen and oxygen atoms in total. The van der Waals surface area contributed by atoms with E-state index in [0.717, 1.165) is 23.4 Å². The van der Waals surface area contributed by atoms with Gasteiger partial charge in [0.2, 0.25) is 0 Å². The van der Waals surface area contributed by atoms with Gasteiger partial charge in [0.15, 0.2) is 0 Å². The van der Waals surface area contributed by atoms with Gasteiger partial charge in [0.05, 0.1) is 20.6 Å². The van der Waals surface area contributed by atoms with E-state index < -0.39 is 6.03 Å². The number of primary amides is 2. The van der Waals surface area contributed by atoms with E-state index in [1.165, 1.54) is 70.8 Å². The van der Waals surface area contributed by atoms with E-state index >= 15 is 0 Å². The number of halogens is 1. The Hall–Kier alpha value is -1.60. The molecule has 0 spiro atoms. The zero-order valence-corrected chi connectivity index (χ0v) is 21.6. The number of carbonyl (C=O) groups excluding carboxylic acids is 2. The fourth-order valence-corrected chi connectivity index (χ4v) is 3.07. The Bertz CT molecular complexity index is 498. The number of likely N-dealkylation sites (N-methyl/N-ethyl adjacent to an activating group) is 1. The average Bonchev–Trinajstić information content (AvgIpc) is 2.71. The van der Waals surface area contributed by atoms with Crippen LogP contribution in [0.5, 0.6) is 5.75 Å². The Kier molecular flexibility index (Phi) is 27.1. The minimum atomic E-state index is -0.833. The molecule has 0 heterocycles. The largest absolute Gasteiger partial charge is 1.00 e.